The van der Waals surface area contributed by atoms with Crippen molar-refractivity contribution >= 4 is 40.8 Å². The first-order chi connectivity index (χ1) is 19.7. The lowest BCUT2D eigenvalue weighted by Crippen LogP contribution is -2.31. The molecule has 1 unspecified atom stereocenters. The molecule has 41 heavy (non-hydrogen) atoms. The first-order valence-electron chi connectivity index (χ1n) is 13.4. The Hall–Kier alpha value is -3.90. The van der Waals surface area contributed by atoms with Gasteiger partial charge in [-0.1, -0.05) is 77.8 Å². The van der Waals surface area contributed by atoms with Crippen molar-refractivity contribution in [2.24, 2.45) is 0 Å². The number of benzene rings is 3. The number of rotatable bonds is 9. The van der Waals surface area contributed by atoms with Gasteiger partial charge in [-0.25, -0.2) is 9.78 Å². The van der Waals surface area contributed by atoms with E-state index in [4.69, 9.17) is 32.9 Å². The average molecular weight is 586 g/mol. The van der Waals surface area contributed by atoms with E-state index in [1.165, 1.54) is 5.56 Å². The number of aromatic nitrogens is 2. The lowest BCUT2D eigenvalue weighted by atomic mass is 9.88. The topological polar surface area (TPSA) is 64.4 Å². The van der Waals surface area contributed by atoms with E-state index in [1.807, 2.05) is 67.1 Å². The van der Waals surface area contributed by atoms with Crippen molar-refractivity contribution in [3.05, 3.63) is 136 Å². The van der Waals surface area contributed by atoms with Crippen LogP contribution in [0.4, 0.5) is 0 Å². The predicted molar refractivity (Wildman–Crippen MR) is 166 cm³/mol. The number of carboxylic acid groups (broad SMARTS) is 1. The van der Waals surface area contributed by atoms with Crippen LogP contribution in [0.1, 0.15) is 47.6 Å². The van der Waals surface area contributed by atoms with Gasteiger partial charge >= 0.3 is 5.97 Å². The van der Waals surface area contributed by atoms with Crippen molar-refractivity contribution in [3.8, 4) is 11.3 Å². The van der Waals surface area contributed by atoms with Gasteiger partial charge < -0.3 is 14.4 Å². The van der Waals surface area contributed by atoms with Gasteiger partial charge in [-0.05, 0) is 79.1 Å². The summed E-state index contributed by atoms with van der Waals surface area (Å²) in [6.07, 6.45) is 13.1. The fourth-order valence-corrected chi connectivity index (χ4v) is 5.36. The quantitative estimate of drug-likeness (QED) is 0.213. The molecule has 0 bridgehead atoms. The third-order valence-corrected chi connectivity index (χ3v) is 7.38. The molecule has 0 spiro atoms. The fraction of sp³-hybridized carbons (Fsp3) is 0.176. The molecule has 0 radical (unpaired) electrons. The zero-order valence-corrected chi connectivity index (χ0v) is 24.3. The highest BCUT2D eigenvalue weighted by Gasteiger charge is 2.28. The van der Waals surface area contributed by atoms with Gasteiger partial charge in [0.2, 0.25) is 0 Å². The molecule has 208 valence electrons. The minimum Gasteiger partial charge on any atom is -0.478 e. The SMILES string of the molecule is CC(C)OC1(/C=C/c2nc(-c3ccc(Cl)cc3Cl)cn2Cc2ccc(C(=O)O)cc2)C=CC(c2ccccc2)=CC1. The van der Waals surface area contributed by atoms with Gasteiger partial charge in [0.05, 0.1) is 22.4 Å². The van der Waals surface area contributed by atoms with Gasteiger partial charge in [0.25, 0.3) is 0 Å². The van der Waals surface area contributed by atoms with Crippen LogP contribution in [-0.2, 0) is 11.3 Å². The van der Waals surface area contributed by atoms with Crippen LogP contribution in [0.15, 0.2) is 103 Å². The van der Waals surface area contributed by atoms with Crippen molar-refractivity contribution in [2.45, 2.75) is 38.5 Å². The van der Waals surface area contributed by atoms with E-state index >= 15 is 0 Å². The average Bonchev–Trinajstić information content (AvgIpc) is 3.35. The van der Waals surface area contributed by atoms with Crippen LogP contribution in [0.2, 0.25) is 10.0 Å². The molecule has 5 rings (SSSR count). The van der Waals surface area contributed by atoms with Crippen LogP contribution < -0.4 is 0 Å². The lowest BCUT2D eigenvalue weighted by Gasteiger charge is -2.32. The number of imidazole rings is 1. The highest BCUT2D eigenvalue weighted by Crippen LogP contribution is 2.34. The van der Waals surface area contributed by atoms with Crippen LogP contribution in [0.5, 0.6) is 0 Å². The Kier molecular flexibility index (Phi) is 8.60. The zero-order valence-electron chi connectivity index (χ0n) is 22.8. The summed E-state index contributed by atoms with van der Waals surface area (Å²) in [5.41, 5.74) is 4.35. The Balaban J connectivity index is 1.50. The molecule has 4 aromatic rings. The summed E-state index contributed by atoms with van der Waals surface area (Å²) in [7, 11) is 0. The van der Waals surface area contributed by atoms with Gasteiger partial charge in [-0.15, -0.1) is 0 Å². The second-order valence-corrected chi connectivity index (χ2v) is 11.1. The standard InChI is InChI=1S/C34H30Cl2N2O3/c1-23(2)41-34(17-14-26(15-18-34)25-6-4-3-5-7-25)19-16-32-37-31(29-13-12-28(35)20-30(29)36)22-38(32)21-24-8-10-27(11-9-24)33(39)40/h3-17,19-20,22-23H,18,21H2,1-2H3,(H,39,40)/b19-16+. The number of allylic oxidation sites excluding steroid dienone is 2. The van der Waals surface area contributed by atoms with Crippen LogP contribution in [0.3, 0.4) is 0 Å². The number of nitrogens with zero attached hydrogens (tertiary/aromatic N) is 2. The largest absolute Gasteiger partial charge is 0.478 e. The van der Waals surface area contributed by atoms with Crippen LogP contribution in [0, 0.1) is 0 Å². The highest BCUT2D eigenvalue weighted by molar-refractivity contribution is 6.36. The number of carbonyl (C=O) groups is 1. The maximum absolute atomic E-state index is 11.3. The second-order valence-electron chi connectivity index (χ2n) is 10.3. The molecule has 0 amide bonds. The Bertz CT molecular complexity index is 1640. The van der Waals surface area contributed by atoms with Gasteiger partial charge in [-0.3, -0.25) is 0 Å². The van der Waals surface area contributed by atoms with Crippen LogP contribution >= 0.6 is 23.2 Å². The molecule has 0 aliphatic heterocycles. The summed E-state index contributed by atoms with van der Waals surface area (Å²) in [4.78, 5) is 16.2. The lowest BCUT2D eigenvalue weighted by molar-refractivity contribution is -0.0136. The number of hydrogen-bond donors (Lipinski definition) is 1. The summed E-state index contributed by atoms with van der Waals surface area (Å²) in [6.45, 7) is 4.55. The Morgan fingerprint density at radius 2 is 1.85 bits per heavy atom. The first-order valence-corrected chi connectivity index (χ1v) is 14.1. The molecule has 0 fully saturated rings. The number of carboxylic acids is 1. The summed E-state index contributed by atoms with van der Waals surface area (Å²) in [6, 6.07) is 22.5. The molecular formula is C34H30Cl2N2O3. The minimum atomic E-state index is -0.956. The number of halogens is 2. The van der Waals surface area contributed by atoms with Crippen molar-refractivity contribution in [3.63, 3.8) is 0 Å². The zero-order chi connectivity index (χ0) is 29.0. The van der Waals surface area contributed by atoms with Crippen LogP contribution in [-0.4, -0.2) is 32.3 Å². The van der Waals surface area contributed by atoms with E-state index in [2.05, 4.69) is 36.4 Å². The Morgan fingerprint density at radius 1 is 1.10 bits per heavy atom. The monoisotopic (exact) mass is 584 g/mol. The third kappa shape index (κ3) is 6.88. The molecule has 5 nitrogen and oxygen atoms in total. The molecule has 1 aromatic heterocycles. The summed E-state index contributed by atoms with van der Waals surface area (Å²) >= 11 is 12.7. The molecule has 1 atom stereocenters. The van der Waals surface area contributed by atoms with Crippen molar-refractivity contribution in [1.82, 2.24) is 9.55 Å². The van der Waals surface area contributed by atoms with E-state index in [9.17, 15) is 9.90 Å². The third-order valence-electron chi connectivity index (χ3n) is 6.83. The minimum absolute atomic E-state index is 0.00639. The normalized spacial score (nSPS) is 16.9. The van der Waals surface area contributed by atoms with E-state index in [1.54, 1.807) is 24.3 Å². The fourth-order valence-electron chi connectivity index (χ4n) is 4.85. The number of ether oxygens (including phenoxy) is 1. The highest BCUT2D eigenvalue weighted by atomic mass is 35.5. The molecule has 0 saturated heterocycles. The molecule has 1 heterocycles. The molecular weight excluding hydrogens is 555 g/mol. The number of aromatic carboxylic acids is 1. The first kappa shape index (κ1) is 28.6. The number of hydrogen-bond acceptors (Lipinski definition) is 3. The van der Waals surface area contributed by atoms with Crippen molar-refractivity contribution in [1.29, 1.82) is 0 Å². The molecule has 0 saturated carbocycles. The van der Waals surface area contributed by atoms with E-state index < -0.39 is 11.6 Å². The summed E-state index contributed by atoms with van der Waals surface area (Å²) in [5.74, 6) is -0.241. The second kappa shape index (κ2) is 12.3. The predicted octanol–water partition coefficient (Wildman–Crippen LogP) is 8.82. The van der Waals surface area contributed by atoms with E-state index in [0.717, 1.165) is 16.7 Å². The van der Waals surface area contributed by atoms with E-state index in [0.29, 0.717) is 34.5 Å². The van der Waals surface area contributed by atoms with Gasteiger partial charge in [-0.2, -0.15) is 0 Å². The maximum atomic E-state index is 11.3. The van der Waals surface area contributed by atoms with Crippen molar-refractivity contribution < 1.29 is 14.6 Å². The van der Waals surface area contributed by atoms with Gasteiger partial charge in [0, 0.05) is 29.7 Å². The van der Waals surface area contributed by atoms with E-state index in [-0.39, 0.29) is 11.7 Å². The Labute approximate surface area is 250 Å². The summed E-state index contributed by atoms with van der Waals surface area (Å²) < 4.78 is 8.48. The smallest absolute Gasteiger partial charge is 0.335 e. The Morgan fingerprint density at radius 3 is 2.49 bits per heavy atom. The van der Waals surface area contributed by atoms with Gasteiger partial charge in [0.1, 0.15) is 11.4 Å². The van der Waals surface area contributed by atoms with Crippen LogP contribution in [0.25, 0.3) is 22.9 Å². The van der Waals surface area contributed by atoms with Crippen molar-refractivity contribution in [2.75, 3.05) is 0 Å². The van der Waals surface area contributed by atoms with Gasteiger partial charge in [0.15, 0.2) is 0 Å². The summed E-state index contributed by atoms with van der Waals surface area (Å²) in [5, 5.41) is 10.3. The molecule has 1 aliphatic carbocycles. The molecule has 1 N–H and O–H groups in total. The molecule has 3 aromatic carbocycles. The maximum Gasteiger partial charge on any atom is 0.335 e. The molecule has 1 aliphatic rings. The molecule has 7 heteroatoms.